The van der Waals surface area contributed by atoms with E-state index in [2.05, 4.69) is 5.32 Å². The molecule has 1 rings (SSSR count). The van der Waals surface area contributed by atoms with E-state index in [0.29, 0.717) is 22.3 Å². The third-order valence-corrected chi connectivity index (χ3v) is 2.73. The highest BCUT2D eigenvalue weighted by molar-refractivity contribution is 6.32. The normalized spacial score (nSPS) is 10.6. The van der Waals surface area contributed by atoms with E-state index in [1.807, 2.05) is 19.9 Å². The standard InChI is InChI=1S/C14H16ClN3O/c1-9(2)13(8-16)18-14(17)6-10-4-5-11(19-3)7-12(10)15/h4-7,18H,17H2,1-3H3/b14-6+. The number of nitrogens with one attached hydrogen (secondary N) is 1. The minimum absolute atomic E-state index is 0.352. The molecule has 19 heavy (non-hydrogen) atoms. The van der Waals surface area contributed by atoms with Crippen LogP contribution in [0.3, 0.4) is 0 Å². The predicted molar refractivity (Wildman–Crippen MR) is 77.3 cm³/mol. The van der Waals surface area contributed by atoms with Crippen LogP contribution < -0.4 is 15.8 Å². The molecule has 5 heteroatoms. The van der Waals surface area contributed by atoms with Crippen LogP contribution >= 0.6 is 11.6 Å². The molecule has 1 aromatic carbocycles. The number of hydrogen-bond donors (Lipinski definition) is 2. The van der Waals surface area contributed by atoms with Crippen molar-refractivity contribution in [1.29, 1.82) is 5.26 Å². The molecule has 100 valence electrons. The van der Waals surface area contributed by atoms with Crippen LogP contribution in [0.1, 0.15) is 19.4 Å². The second-order valence-corrected chi connectivity index (χ2v) is 4.51. The summed E-state index contributed by atoms with van der Waals surface area (Å²) in [7, 11) is 1.57. The van der Waals surface area contributed by atoms with Crippen molar-refractivity contribution in [2.45, 2.75) is 13.8 Å². The molecule has 0 aliphatic heterocycles. The van der Waals surface area contributed by atoms with Gasteiger partial charge in [-0.3, -0.25) is 0 Å². The molecule has 0 aliphatic rings. The van der Waals surface area contributed by atoms with Gasteiger partial charge in [0.1, 0.15) is 23.3 Å². The van der Waals surface area contributed by atoms with Crippen molar-refractivity contribution >= 4 is 17.7 Å². The fraction of sp³-hybridized carbons (Fsp3) is 0.214. The Labute approximate surface area is 118 Å². The number of nitrogens with two attached hydrogens (primary N) is 1. The van der Waals surface area contributed by atoms with Gasteiger partial charge in [0, 0.05) is 0 Å². The van der Waals surface area contributed by atoms with Crippen LogP contribution in [0, 0.1) is 11.3 Å². The Bertz CT molecular complexity index is 567. The lowest BCUT2D eigenvalue weighted by Gasteiger charge is -2.08. The van der Waals surface area contributed by atoms with Crippen LogP contribution in [-0.4, -0.2) is 7.11 Å². The highest BCUT2D eigenvalue weighted by Gasteiger charge is 2.03. The van der Waals surface area contributed by atoms with Crippen LogP contribution in [0.25, 0.3) is 6.08 Å². The fourth-order valence-corrected chi connectivity index (χ4v) is 1.59. The molecular weight excluding hydrogens is 262 g/mol. The number of ether oxygens (including phenoxy) is 1. The summed E-state index contributed by atoms with van der Waals surface area (Å²) in [5, 5.41) is 12.3. The fourth-order valence-electron chi connectivity index (χ4n) is 1.36. The molecule has 1 aromatic rings. The van der Waals surface area contributed by atoms with E-state index in [0.717, 1.165) is 11.1 Å². The van der Waals surface area contributed by atoms with Crippen LogP contribution in [0.4, 0.5) is 0 Å². The quantitative estimate of drug-likeness (QED) is 0.830. The average molecular weight is 278 g/mol. The maximum atomic E-state index is 8.94. The zero-order valence-corrected chi connectivity index (χ0v) is 11.9. The molecule has 0 aliphatic carbocycles. The predicted octanol–water partition coefficient (Wildman–Crippen LogP) is 3.01. The van der Waals surface area contributed by atoms with Crippen molar-refractivity contribution in [3.05, 3.63) is 45.9 Å². The van der Waals surface area contributed by atoms with Crippen molar-refractivity contribution in [3.8, 4) is 11.8 Å². The molecule has 0 bridgehead atoms. The van der Waals surface area contributed by atoms with Gasteiger partial charge in [-0.15, -0.1) is 0 Å². The number of methoxy groups -OCH3 is 1. The van der Waals surface area contributed by atoms with Crippen molar-refractivity contribution in [2.75, 3.05) is 7.11 Å². The molecule has 0 saturated heterocycles. The first kappa shape index (κ1) is 14.9. The highest BCUT2D eigenvalue weighted by atomic mass is 35.5. The van der Waals surface area contributed by atoms with E-state index in [1.54, 1.807) is 31.4 Å². The van der Waals surface area contributed by atoms with Crippen molar-refractivity contribution in [2.24, 2.45) is 5.73 Å². The van der Waals surface area contributed by atoms with Crippen LogP contribution in [0.5, 0.6) is 5.75 Å². The number of nitrogens with zero attached hydrogens (tertiary/aromatic N) is 1. The van der Waals surface area contributed by atoms with Gasteiger partial charge in [-0.1, -0.05) is 11.6 Å². The zero-order chi connectivity index (χ0) is 14.4. The number of rotatable bonds is 4. The van der Waals surface area contributed by atoms with Crippen LogP contribution in [0.15, 0.2) is 35.3 Å². The molecule has 0 unspecified atom stereocenters. The summed E-state index contributed by atoms with van der Waals surface area (Å²) in [6.07, 6.45) is 1.67. The Morgan fingerprint density at radius 1 is 1.47 bits per heavy atom. The summed E-state index contributed by atoms with van der Waals surface area (Å²) < 4.78 is 5.07. The van der Waals surface area contributed by atoms with Gasteiger partial charge in [-0.2, -0.15) is 5.26 Å². The smallest absolute Gasteiger partial charge is 0.120 e. The van der Waals surface area contributed by atoms with Gasteiger partial charge >= 0.3 is 0 Å². The second-order valence-electron chi connectivity index (χ2n) is 4.10. The largest absolute Gasteiger partial charge is 0.497 e. The molecule has 0 radical (unpaired) electrons. The summed E-state index contributed by atoms with van der Waals surface area (Å²) in [6, 6.07) is 7.33. The van der Waals surface area contributed by atoms with E-state index in [4.69, 9.17) is 27.3 Å². The van der Waals surface area contributed by atoms with Gasteiger partial charge in [0.05, 0.1) is 12.1 Å². The Balaban J connectivity index is 2.97. The van der Waals surface area contributed by atoms with Gasteiger partial charge in [-0.05, 0) is 49.3 Å². The van der Waals surface area contributed by atoms with E-state index >= 15 is 0 Å². The maximum absolute atomic E-state index is 8.94. The highest BCUT2D eigenvalue weighted by Crippen LogP contribution is 2.23. The topological polar surface area (TPSA) is 71.1 Å². The van der Waals surface area contributed by atoms with E-state index in [1.165, 1.54) is 0 Å². The van der Waals surface area contributed by atoms with Crippen molar-refractivity contribution in [3.63, 3.8) is 0 Å². The van der Waals surface area contributed by atoms with Gasteiger partial charge in [-0.25, -0.2) is 0 Å². The number of allylic oxidation sites excluding steroid dienone is 2. The SMILES string of the molecule is COc1ccc(/C=C(\N)NC(C#N)=C(C)C)c(Cl)c1. The lowest BCUT2D eigenvalue weighted by Crippen LogP contribution is -2.19. The lowest BCUT2D eigenvalue weighted by molar-refractivity contribution is 0.415. The molecule has 0 spiro atoms. The molecule has 0 heterocycles. The van der Waals surface area contributed by atoms with E-state index in [-0.39, 0.29) is 0 Å². The Hall–Kier alpha value is -2.12. The van der Waals surface area contributed by atoms with Gasteiger partial charge in [0.25, 0.3) is 0 Å². The van der Waals surface area contributed by atoms with E-state index < -0.39 is 0 Å². The van der Waals surface area contributed by atoms with E-state index in [9.17, 15) is 0 Å². The first-order valence-corrected chi connectivity index (χ1v) is 6.01. The van der Waals surface area contributed by atoms with Gasteiger partial charge < -0.3 is 15.8 Å². The maximum Gasteiger partial charge on any atom is 0.120 e. The molecule has 0 aromatic heterocycles. The van der Waals surface area contributed by atoms with Crippen molar-refractivity contribution in [1.82, 2.24) is 5.32 Å². The van der Waals surface area contributed by atoms with Crippen molar-refractivity contribution < 1.29 is 4.74 Å². The summed E-state index contributed by atoms with van der Waals surface area (Å²) in [5.74, 6) is 1.03. The first-order valence-electron chi connectivity index (χ1n) is 5.63. The molecule has 0 fully saturated rings. The Kier molecular flexibility index (Phi) is 5.28. The molecule has 4 nitrogen and oxygen atoms in total. The molecule has 0 saturated carbocycles. The Morgan fingerprint density at radius 2 is 2.16 bits per heavy atom. The van der Waals surface area contributed by atoms with Gasteiger partial charge in [0.15, 0.2) is 0 Å². The number of halogens is 1. The summed E-state index contributed by atoms with van der Waals surface area (Å²) >= 11 is 6.10. The number of hydrogen-bond acceptors (Lipinski definition) is 4. The molecular formula is C14H16ClN3O. The second kappa shape index (κ2) is 6.72. The summed E-state index contributed by atoms with van der Waals surface area (Å²) in [6.45, 7) is 3.67. The number of nitriles is 1. The lowest BCUT2D eigenvalue weighted by atomic mass is 10.2. The Morgan fingerprint density at radius 3 is 2.63 bits per heavy atom. The summed E-state index contributed by atoms with van der Waals surface area (Å²) in [4.78, 5) is 0. The molecule has 3 N–H and O–H groups in total. The number of benzene rings is 1. The third kappa shape index (κ3) is 4.23. The molecule has 0 amide bonds. The van der Waals surface area contributed by atoms with Crippen LogP contribution in [-0.2, 0) is 0 Å². The third-order valence-electron chi connectivity index (χ3n) is 2.40. The minimum atomic E-state index is 0.352. The monoisotopic (exact) mass is 277 g/mol. The van der Waals surface area contributed by atoms with Crippen LogP contribution in [0.2, 0.25) is 5.02 Å². The van der Waals surface area contributed by atoms with Gasteiger partial charge in [0.2, 0.25) is 0 Å². The first-order chi connectivity index (χ1) is 8.97. The zero-order valence-electron chi connectivity index (χ0n) is 11.1. The minimum Gasteiger partial charge on any atom is -0.497 e. The summed E-state index contributed by atoms with van der Waals surface area (Å²) in [5.41, 5.74) is 7.87. The molecule has 0 atom stereocenters. The average Bonchev–Trinajstić information content (AvgIpc) is 2.37.